The summed E-state index contributed by atoms with van der Waals surface area (Å²) < 4.78 is 92.7. The van der Waals surface area contributed by atoms with Gasteiger partial charge in [-0.3, -0.25) is 9.98 Å². The summed E-state index contributed by atoms with van der Waals surface area (Å²) in [5.41, 5.74) is -6.99. The summed E-state index contributed by atoms with van der Waals surface area (Å²) in [6, 6.07) is 38.5. The first kappa shape index (κ1) is 36.2. The molecule has 0 fully saturated rings. The molecule has 4 nitrogen and oxygen atoms in total. The van der Waals surface area contributed by atoms with Crippen LogP contribution in [0.1, 0.15) is 22.3 Å². The van der Waals surface area contributed by atoms with Crippen molar-refractivity contribution >= 4 is 88.4 Å². The lowest BCUT2D eigenvalue weighted by Gasteiger charge is -2.38. The molecule has 10 heteroatoms. The zero-order chi connectivity index (χ0) is 40.8. The third-order valence-corrected chi connectivity index (χ3v) is 11.5. The van der Waals surface area contributed by atoms with Crippen LogP contribution in [0, 0.1) is 0 Å². The Morgan fingerprint density at radius 3 is 1.34 bits per heavy atom. The largest absolute Gasteiger partial charge is 0.506 e. The molecule has 59 heavy (non-hydrogen) atoms. The van der Waals surface area contributed by atoms with E-state index >= 15 is 26.3 Å². The monoisotopic (exact) mass is 790 g/mol. The summed E-state index contributed by atoms with van der Waals surface area (Å²) >= 11 is 0. The van der Waals surface area contributed by atoms with Gasteiger partial charge < -0.3 is 10.2 Å². The quantitative estimate of drug-likeness (QED) is 0.100. The summed E-state index contributed by atoms with van der Waals surface area (Å²) in [5, 5.41) is 32.8. The summed E-state index contributed by atoms with van der Waals surface area (Å²) in [7, 11) is 0. The van der Waals surface area contributed by atoms with Crippen LogP contribution in [0.5, 0.6) is 11.5 Å². The first-order valence-corrected chi connectivity index (χ1v) is 18.6. The van der Waals surface area contributed by atoms with Gasteiger partial charge in [-0.05, 0) is 106 Å². The average molecular weight is 791 g/mol. The molecule has 0 atom stereocenters. The molecule has 288 valence electrons. The van der Waals surface area contributed by atoms with Crippen LogP contribution in [0.3, 0.4) is 0 Å². The molecule has 10 rings (SSSR count). The predicted octanol–water partition coefficient (Wildman–Crippen LogP) is 13.8. The zero-order valence-corrected chi connectivity index (χ0v) is 30.6. The van der Waals surface area contributed by atoms with Crippen molar-refractivity contribution in [2.45, 2.75) is 17.8 Å². The van der Waals surface area contributed by atoms with Gasteiger partial charge in [0.1, 0.15) is 22.9 Å². The van der Waals surface area contributed by atoms with E-state index in [1.807, 2.05) is 103 Å². The molecule has 10 aromatic rings. The van der Waals surface area contributed by atoms with Gasteiger partial charge >= 0.3 is 12.4 Å². The molecule has 0 saturated heterocycles. The summed E-state index contributed by atoms with van der Waals surface area (Å²) in [5.74, 6) is -1.24. The number of benzene rings is 10. The maximum Gasteiger partial charge on any atom is 0.411 e. The van der Waals surface area contributed by atoms with Crippen molar-refractivity contribution in [1.29, 1.82) is 0 Å². The zero-order valence-electron chi connectivity index (χ0n) is 30.6. The van der Waals surface area contributed by atoms with Gasteiger partial charge in [0.15, 0.2) is 0 Å². The van der Waals surface area contributed by atoms with E-state index < -0.39 is 51.8 Å². The van der Waals surface area contributed by atoms with Crippen LogP contribution in [0.4, 0.5) is 37.7 Å². The lowest BCUT2D eigenvalue weighted by Crippen LogP contribution is -2.54. The summed E-state index contributed by atoms with van der Waals surface area (Å²) in [4.78, 5) is 8.56. The van der Waals surface area contributed by atoms with Gasteiger partial charge in [0.2, 0.25) is 5.41 Å². The van der Waals surface area contributed by atoms with Crippen LogP contribution in [-0.2, 0) is 5.41 Å². The molecule has 0 aliphatic heterocycles. The Labute approximate surface area is 331 Å². The van der Waals surface area contributed by atoms with Crippen molar-refractivity contribution in [3.05, 3.63) is 168 Å². The van der Waals surface area contributed by atoms with Crippen LogP contribution in [0.15, 0.2) is 156 Å². The van der Waals surface area contributed by atoms with Crippen molar-refractivity contribution in [2.75, 3.05) is 0 Å². The number of nitrogens with zero attached hydrogens (tertiary/aromatic N) is 2. The van der Waals surface area contributed by atoms with Gasteiger partial charge in [0.25, 0.3) is 0 Å². The molecule has 0 aliphatic rings. The third-order valence-electron chi connectivity index (χ3n) is 11.5. The van der Waals surface area contributed by atoms with E-state index in [0.29, 0.717) is 35.4 Å². The number of rotatable bonds is 6. The highest BCUT2D eigenvalue weighted by molar-refractivity contribution is 6.27. The molecule has 0 aliphatic carbocycles. The van der Waals surface area contributed by atoms with Gasteiger partial charge in [-0.25, -0.2) is 0 Å². The van der Waals surface area contributed by atoms with Gasteiger partial charge in [-0.1, -0.05) is 115 Å². The number of halogens is 6. The van der Waals surface area contributed by atoms with Crippen molar-refractivity contribution < 1.29 is 36.6 Å². The summed E-state index contributed by atoms with van der Waals surface area (Å²) in [6.07, 6.45) is -9.27. The van der Waals surface area contributed by atoms with Crippen molar-refractivity contribution in [2.24, 2.45) is 9.98 Å². The smallest absolute Gasteiger partial charge is 0.411 e. The highest BCUT2D eigenvalue weighted by atomic mass is 19.4. The van der Waals surface area contributed by atoms with Crippen LogP contribution in [0.25, 0.3) is 64.6 Å². The first-order chi connectivity index (χ1) is 28.3. The van der Waals surface area contributed by atoms with E-state index in [4.69, 9.17) is 0 Å². The average Bonchev–Trinajstić information content (AvgIpc) is 3.21. The van der Waals surface area contributed by atoms with Crippen molar-refractivity contribution in [1.82, 2.24) is 0 Å². The first-order valence-electron chi connectivity index (χ1n) is 18.6. The number of hydrogen-bond donors (Lipinski definition) is 2. The second kappa shape index (κ2) is 12.9. The van der Waals surface area contributed by atoms with E-state index in [-0.39, 0.29) is 0 Å². The van der Waals surface area contributed by atoms with Crippen LogP contribution in [0.2, 0.25) is 0 Å². The van der Waals surface area contributed by atoms with Crippen molar-refractivity contribution in [3.8, 4) is 11.5 Å². The number of hydrogen-bond acceptors (Lipinski definition) is 4. The SMILES string of the molecule is Oc1ccc(C(c2ccc(O)c(N=Cc3cc4cccc5ccc6cccc3c6c54)c2)(C(F)(F)F)C(F)(F)F)cc1N=Cc1ccc2ccc3cccc4ccc1c2c34. The molecule has 0 radical (unpaired) electrons. The number of aromatic hydroxyl groups is 2. The van der Waals surface area contributed by atoms with E-state index in [0.717, 1.165) is 76.8 Å². The second-order valence-electron chi connectivity index (χ2n) is 14.7. The Kier molecular flexibility index (Phi) is 7.91. The highest BCUT2D eigenvalue weighted by Crippen LogP contribution is 2.58. The van der Waals surface area contributed by atoms with Gasteiger partial charge in [0, 0.05) is 23.6 Å². The molecule has 0 spiro atoms. The molecule has 10 aromatic carbocycles. The molecule has 0 saturated carbocycles. The van der Waals surface area contributed by atoms with Crippen LogP contribution < -0.4 is 0 Å². The molecule has 0 amide bonds. The molecular weight excluding hydrogens is 763 g/mol. The van der Waals surface area contributed by atoms with Gasteiger partial charge in [-0.15, -0.1) is 0 Å². The second-order valence-corrected chi connectivity index (χ2v) is 14.7. The fraction of sp³-hybridized carbons (Fsp3) is 0.0612. The van der Waals surface area contributed by atoms with Crippen molar-refractivity contribution in [3.63, 3.8) is 0 Å². The molecule has 0 aromatic heterocycles. The maximum atomic E-state index is 15.5. The Hall–Kier alpha value is -7.20. The molecular formula is C49H28F6N2O2. The minimum atomic E-state index is -5.96. The van der Waals surface area contributed by atoms with Crippen LogP contribution in [-0.4, -0.2) is 35.0 Å². The normalized spacial score (nSPS) is 13.3. The standard InChI is InChI=1S/C49H28F6N2O2/c50-48(51,52)47(49(53,54)55,35-17-20-41(58)39(23-35)56-25-33-15-14-31-13-11-27-4-1-5-29-16-19-38(33)46(31)43(27)29)36-18-21-42(59)40(24-36)57-26-34-22-32-8-2-6-28-10-12-30-7-3-9-37(34)45(30)44(28)32/h1-26,58-59H. The highest BCUT2D eigenvalue weighted by Gasteiger charge is 2.72. The Morgan fingerprint density at radius 1 is 0.390 bits per heavy atom. The fourth-order valence-electron chi connectivity index (χ4n) is 8.75. The lowest BCUT2D eigenvalue weighted by molar-refractivity contribution is -0.288. The Morgan fingerprint density at radius 2 is 0.797 bits per heavy atom. The molecule has 0 unspecified atom stereocenters. The maximum absolute atomic E-state index is 15.5. The van der Waals surface area contributed by atoms with Gasteiger partial charge in [-0.2, -0.15) is 26.3 Å². The number of alkyl halides is 6. The van der Waals surface area contributed by atoms with E-state index in [2.05, 4.69) is 9.98 Å². The minimum absolute atomic E-state index is 0.503. The topological polar surface area (TPSA) is 65.2 Å². The summed E-state index contributed by atoms with van der Waals surface area (Å²) in [6.45, 7) is 0. The Balaban J connectivity index is 1.09. The number of aliphatic imine (C=N–C) groups is 2. The van der Waals surface area contributed by atoms with E-state index in [1.165, 1.54) is 12.4 Å². The fourth-order valence-corrected chi connectivity index (χ4v) is 8.75. The predicted molar refractivity (Wildman–Crippen MR) is 224 cm³/mol. The minimum Gasteiger partial charge on any atom is -0.506 e. The number of phenols is 2. The molecule has 0 heterocycles. The third kappa shape index (κ3) is 5.46. The van der Waals surface area contributed by atoms with E-state index in [1.54, 1.807) is 6.07 Å². The lowest BCUT2D eigenvalue weighted by atomic mass is 9.72. The van der Waals surface area contributed by atoms with E-state index in [9.17, 15) is 10.2 Å². The molecule has 0 bridgehead atoms. The number of phenolic OH excluding ortho intramolecular Hbond substituents is 2. The van der Waals surface area contributed by atoms with Gasteiger partial charge in [0.05, 0.1) is 0 Å². The molecule has 2 N–H and O–H groups in total. The van der Waals surface area contributed by atoms with Crippen LogP contribution >= 0.6 is 0 Å². The Bertz CT molecular complexity index is 3320.